The second-order valence-electron chi connectivity index (χ2n) is 7.16. The van der Waals surface area contributed by atoms with Gasteiger partial charge in [-0.1, -0.05) is 75.3 Å². The highest BCUT2D eigenvalue weighted by Crippen LogP contribution is 2.07. The Hall–Kier alpha value is -1.61. The number of unbranched alkanes of at least 4 members (excludes halogenated alkanes) is 3. The molecule has 0 aliphatic carbocycles. The highest BCUT2D eigenvalue weighted by Gasteiger charge is 2.13. The molecule has 3 heteroatoms. The number of nitrogens with one attached hydrogen (secondary N) is 1. The summed E-state index contributed by atoms with van der Waals surface area (Å²) in [6, 6.07) is -0.170. The van der Waals surface area contributed by atoms with Crippen LogP contribution in [0.5, 0.6) is 0 Å². The minimum atomic E-state index is -0.170. The van der Waals surface area contributed by atoms with Crippen molar-refractivity contribution in [3.05, 3.63) is 48.6 Å². The molecule has 0 unspecified atom stereocenters. The van der Waals surface area contributed by atoms with Crippen LogP contribution in [0, 0.1) is 5.92 Å². The molecule has 0 aromatic heterocycles. The molecule has 3 nitrogen and oxygen atoms in total. The predicted octanol–water partition coefficient (Wildman–Crippen LogP) is 5.88. The Morgan fingerprint density at radius 3 is 1.89 bits per heavy atom. The third kappa shape index (κ3) is 17.6. The lowest BCUT2D eigenvalue weighted by Gasteiger charge is -2.15. The van der Waals surface area contributed by atoms with E-state index in [4.69, 9.17) is 5.11 Å². The van der Waals surface area contributed by atoms with Crippen LogP contribution in [0.3, 0.4) is 0 Å². The van der Waals surface area contributed by atoms with Gasteiger partial charge in [-0.05, 0) is 51.9 Å². The zero-order valence-electron chi connectivity index (χ0n) is 17.7. The minimum Gasteiger partial charge on any atom is -0.394 e. The fourth-order valence-corrected chi connectivity index (χ4v) is 2.47. The molecule has 0 aliphatic rings. The molecule has 0 radical (unpaired) electrons. The Morgan fingerprint density at radius 1 is 0.852 bits per heavy atom. The SMILES string of the molecule is CCCCC/C=C\C/C=C\C/C=C\C/C=C\CC[C@@H](C)C(=O)N[C@@H](C)CO. The maximum Gasteiger partial charge on any atom is 0.223 e. The molecule has 2 atom stereocenters. The first kappa shape index (κ1) is 25.4. The number of carbonyl (C=O) groups excluding carboxylic acids is 1. The first-order chi connectivity index (χ1) is 13.1. The van der Waals surface area contributed by atoms with Crippen molar-refractivity contribution in [1.82, 2.24) is 5.32 Å². The number of carbonyl (C=O) groups is 1. The number of rotatable bonds is 16. The normalized spacial score (nSPS) is 14.7. The summed E-state index contributed by atoms with van der Waals surface area (Å²) in [4.78, 5) is 11.8. The summed E-state index contributed by atoms with van der Waals surface area (Å²) in [7, 11) is 0. The van der Waals surface area contributed by atoms with Crippen LogP contribution in [0.1, 0.15) is 78.6 Å². The van der Waals surface area contributed by atoms with Crippen LogP contribution >= 0.6 is 0 Å². The lowest BCUT2D eigenvalue weighted by Crippen LogP contribution is -2.38. The van der Waals surface area contributed by atoms with Gasteiger partial charge in [-0.15, -0.1) is 0 Å². The molecule has 1 amide bonds. The molecule has 0 heterocycles. The second-order valence-corrected chi connectivity index (χ2v) is 7.16. The van der Waals surface area contributed by atoms with Gasteiger partial charge in [0.05, 0.1) is 6.61 Å². The van der Waals surface area contributed by atoms with Crippen LogP contribution < -0.4 is 5.32 Å². The molecule has 0 spiro atoms. The van der Waals surface area contributed by atoms with Gasteiger partial charge in [0.25, 0.3) is 0 Å². The van der Waals surface area contributed by atoms with E-state index in [1.807, 2.05) is 6.92 Å². The lowest BCUT2D eigenvalue weighted by molar-refractivity contribution is -0.125. The quantitative estimate of drug-likeness (QED) is 0.262. The van der Waals surface area contributed by atoms with E-state index in [0.29, 0.717) is 0 Å². The van der Waals surface area contributed by atoms with Gasteiger partial charge in [0.2, 0.25) is 5.91 Å². The molecule has 0 saturated carbocycles. The van der Waals surface area contributed by atoms with Gasteiger partial charge in [-0.25, -0.2) is 0 Å². The van der Waals surface area contributed by atoms with Crippen molar-refractivity contribution in [3.8, 4) is 0 Å². The monoisotopic (exact) mass is 375 g/mol. The Labute approximate surface area is 167 Å². The van der Waals surface area contributed by atoms with Gasteiger partial charge < -0.3 is 10.4 Å². The molecule has 0 aromatic rings. The van der Waals surface area contributed by atoms with Crippen molar-refractivity contribution >= 4 is 5.91 Å². The first-order valence-electron chi connectivity index (χ1n) is 10.6. The van der Waals surface area contributed by atoms with E-state index in [-0.39, 0.29) is 24.5 Å². The number of hydrogen-bond acceptors (Lipinski definition) is 2. The smallest absolute Gasteiger partial charge is 0.223 e. The van der Waals surface area contributed by atoms with Crippen molar-refractivity contribution in [2.75, 3.05) is 6.61 Å². The summed E-state index contributed by atoms with van der Waals surface area (Å²) in [5, 5.41) is 11.7. The summed E-state index contributed by atoms with van der Waals surface area (Å²) < 4.78 is 0. The molecule has 27 heavy (non-hydrogen) atoms. The predicted molar refractivity (Wildman–Crippen MR) is 118 cm³/mol. The van der Waals surface area contributed by atoms with Gasteiger partial charge in [0, 0.05) is 12.0 Å². The number of amides is 1. The van der Waals surface area contributed by atoms with Crippen LogP contribution in [0.2, 0.25) is 0 Å². The van der Waals surface area contributed by atoms with E-state index in [9.17, 15) is 4.79 Å². The number of hydrogen-bond donors (Lipinski definition) is 2. The molecule has 0 aliphatic heterocycles. The van der Waals surface area contributed by atoms with Crippen molar-refractivity contribution in [2.24, 2.45) is 5.92 Å². The Morgan fingerprint density at radius 2 is 1.37 bits per heavy atom. The van der Waals surface area contributed by atoms with Gasteiger partial charge >= 0.3 is 0 Å². The molecule has 0 fully saturated rings. The van der Waals surface area contributed by atoms with Gasteiger partial charge in [0.15, 0.2) is 0 Å². The Balaban J connectivity index is 3.65. The fourth-order valence-electron chi connectivity index (χ4n) is 2.47. The van der Waals surface area contributed by atoms with E-state index >= 15 is 0 Å². The maximum atomic E-state index is 11.8. The summed E-state index contributed by atoms with van der Waals surface area (Å²) in [5.74, 6) is -0.00235. The Kier molecular flexibility index (Phi) is 18.0. The summed E-state index contributed by atoms with van der Waals surface area (Å²) in [6.07, 6.45) is 27.5. The second kappa shape index (κ2) is 19.2. The summed E-state index contributed by atoms with van der Waals surface area (Å²) >= 11 is 0. The van der Waals surface area contributed by atoms with Crippen molar-refractivity contribution in [1.29, 1.82) is 0 Å². The number of aliphatic hydroxyl groups excluding tert-OH is 1. The van der Waals surface area contributed by atoms with Gasteiger partial charge in [0.1, 0.15) is 0 Å². The third-order valence-electron chi connectivity index (χ3n) is 4.33. The summed E-state index contributed by atoms with van der Waals surface area (Å²) in [5.41, 5.74) is 0. The average molecular weight is 376 g/mol. The van der Waals surface area contributed by atoms with Crippen LogP contribution in [0.15, 0.2) is 48.6 Å². The van der Waals surface area contributed by atoms with Gasteiger partial charge in [-0.3, -0.25) is 4.79 Å². The van der Waals surface area contributed by atoms with E-state index in [1.54, 1.807) is 6.92 Å². The largest absolute Gasteiger partial charge is 0.394 e. The van der Waals surface area contributed by atoms with Crippen molar-refractivity contribution in [3.63, 3.8) is 0 Å². The van der Waals surface area contributed by atoms with Crippen molar-refractivity contribution in [2.45, 2.75) is 84.6 Å². The summed E-state index contributed by atoms with van der Waals surface area (Å²) in [6.45, 7) is 5.95. The zero-order valence-corrected chi connectivity index (χ0v) is 17.7. The highest BCUT2D eigenvalue weighted by atomic mass is 16.3. The van der Waals surface area contributed by atoms with Crippen LogP contribution in [-0.4, -0.2) is 23.7 Å². The third-order valence-corrected chi connectivity index (χ3v) is 4.33. The van der Waals surface area contributed by atoms with Crippen LogP contribution in [0.4, 0.5) is 0 Å². The molecule has 0 bridgehead atoms. The van der Waals surface area contributed by atoms with E-state index in [0.717, 1.165) is 32.1 Å². The highest BCUT2D eigenvalue weighted by molar-refractivity contribution is 5.78. The van der Waals surface area contributed by atoms with Crippen LogP contribution in [-0.2, 0) is 4.79 Å². The molecule has 0 rings (SSSR count). The molecule has 0 saturated heterocycles. The molecule has 0 aromatic carbocycles. The van der Waals surface area contributed by atoms with Crippen LogP contribution in [0.25, 0.3) is 0 Å². The maximum absolute atomic E-state index is 11.8. The molecule has 154 valence electrons. The van der Waals surface area contributed by atoms with Crippen molar-refractivity contribution < 1.29 is 9.90 Å². The standard InChI is InChI=1S/C24H41NO2/c1-4-5-6-7-8-9-10-11-12-13-14-15-16-17-18-19-20-22(2)24(27)25-23(3)21-26/h8-9,11-12,14-15,17-18,22-23,26H,4-7,10,13,16,19-21H2,1-3H3,(H,25,27)/b9-8-,12-11-,15-14-,18-17-/t22-,23+/m1/s1. The topological polar surface area (TPSA) is 49.3 Å². The lowest BCUT2D eigenvalue weighted by atomic mass is 10.0. The van der Waals surface area contributed by atoms with E-state index < -0.39 is 0 Å². The minimum absolute atomic E-state index is 0.0182. The van der Waals surface area contributed by atoms with E-state index in [2.05, 4.69) is 60.8 Å². The molecule has 2 N–H and O–H groups in total. The number of allylic oxidation sites excluding steroid dienone is 8. The Bertz CT molecular complexity index is 463. The molecular weight excluding hydrogens is 334 g/mol. The zero-order chi connectivity index (χ0) is 20.2. The van der Waals surface area contributed by atoms with Gasteiger partial charge in [-0.2, -0.15) is 0 Å². The fraction of sp³-hybridized carbons (Fsp3) is 0.625. The average Bonchev–Trinajstić information content (AvgIpc) is 2.67. The number of aliphatic hydroxyl groups is 1. The molecular formula is C24H41NO2. The van der Waals surface area contributed by atoms with E-state index in [1.165, 1.54) is 25.7 Å². The first-order valence-corrected chi connectivity index (χ1v) is 10.6.